The van der Waals surface area contributed by atoms with E-state index in [9.17, 15) is 0 Å². The quantitative estimate of drug-likeness (QED) is 0.313. The number of halogens is 1. The summed E-state index contributed by atoms with van der Waals surface area (Å²) in [5.74, 6) is 1.61. The maximum atomic E-state index is 4.21. The summed E-state index contributed by atoms with van der Waals surface area (Å²) in [5.41, 5.74) is 0. The zero-order valence-corrected chi connectivity index (χ0v) is 16.4. The lowest BCUT2D eigenvalue weighted by Crippen LogP contribution is -2.42. The SMILES string of the molecule is C=CCNC(=NC)NCC1CCN(Cc2cccs2)CC1.I. The number of piperidine rings is 1. The Hall–Kier alpha value is -0.600. The summed E-state index contributed by atoms with van der Waals surface area (Å²) in [6.45, 7) is 8.96. The van der Waals surface area contributed by atoms with Gasteiger partial charge in [-0.25, -0.2) is 0 Å². The normalized spacial score (nSPS) is 16.9. The van der Waals surface area contributed by atoms with Gasteiger partial charge in [-0.3, -0.25) is 9.89 Å². The van der Waals surface area contributed by atoms with Gasteiger partial charge in [-0.1, -0.05) is 12.1 Å². The van der Waals surface area contributed by atoms with Gasteiger partial charge in [0.2, 0.25) is 0 Å². The van der Waals surface area contributed by atoms with Crippen molar-refractivity contribution in [2.45, 2.75) is 19.4 Å². The lowest BCUT2D eigenvalue weighted by Gasteiger charge is -2.32. The van der Waals surface area contributed by atoms with Gasteiger partial charge in [-0.15, -0.1) is 41.9 Å². The lowest BCUT2D eigenvalue weighted by atomic mass is 9.97. The maximum absolute atomic E-state index is 4.21. The monoisotopic (exact) mass is 434 g/mol. The third-order valence-corrected chi connectivity index (χ3v) is 4.72. The number of likely N-dealkylation sites (tertiary alicyclic amines) is 1. The number of aliphatic imine (C=N–C) groups is 1. The van der Waals surface area contributed by atoms with E-state index in [0.29, 0.717) is 0 Å². The van der Waals surface area contributed by atoms with Crippen LogP contribution in [0.15, 0.2) is 35.2 Å². The number of guanidine groups is 1. The fourth-order valence-electron chi connectivity index (χ4n) is 2.60. The van der Waals surface area contributed by atoms with Crippen molar-refractivity contribution in [2.24, 2.45) is 10.9 Å². The molecule has 4 nitrogen and oxygen atoms in total. The molecule has 0 unspecified atom stereocenters. The highest BCUT2D eigenvalue weighted by Gasteiger charge is 2.19. The van der Waals surface area contributed by atoms with E-state index in [-0.39, 0.29) is 24.0 Å². The second-order valence-electron chi connectivity index (χ2n) is 5.42. The number of hydrogen-bond donors (Lipinski definition) is 2. The Morgan fingerprint density at radius 3 is 2.82 bits per heavy atom. The van der Waals surface area contributed by atoms with Gasteiger partial charge in [0, 0.05) is 31.6 Å². The standard InChI is InChI=1S/C16H26N4S.HI/c1-3-8-18-16(17-2)19-12-14-6-9-20(10-7-14)13-15-5-4-11-21-15;/h3-5,11,14H,1,6-10,12-13H2,2H3,(H2,17,18,19);1H. The van der Waals surface area contributed by atoms with E-state index in [1.165, 1.54) is 30.8 Å². The molecule has 0 aromatic carbocycles. The van der Waals surface area contributed by atoms with Crippen LogP contribution in [0.5, 0.6) is 0 Å². The highest BCUT2D eigenvalue weighted by Crippen LogP contribution is 2.20. The van der Waals surface area contributed by atoms with Crippen molar-refractivity contribution in [3.05, 3.63) is 35.0 Å². The zero-order valence-electron chi connectivity index (χ0n) is 13.3. The van der Waals surface area contributed by atoms with E-state index >= 15 is 0 Å². The van der Waals surface area contributed by atoms with Crippen LogP contribution in [0.2, 0.25) is 0 Å². The molecule has 0 amide bonds. The van der Waals surface area contributed by atoms with E-state index in [1.807, 2.05) is 24.5 Å². The van der Waals surface area contributed by atoms with Crippen molar-refractivity contribution in [3.8, 4) is 0 Å². The summed E-state index contributed by atoms with van der Waals surface area (Å²) in [5, 5.41) is 8.78. The summed E-state index contributed by atoms with van der Waals surface area (Å²) in [6, 6.07) is 4.37. The first kappa shape index (κ1) is 19.4. The number of thiophene rings is 1. The Balaban J connectivity index is 0.00000242. The molecular weight excluding hydrogens is 407 g/mol. The molecular formula is C16H27IN4S. The molecule has 124 valence electrons. The van der Waals surface area contributed by atoms with E-state index < -0.39 is 0 Å². The second-order valence-corrected chi connectivity index (χ2v) is 6.45. The molecule has 0 aliphatic carbocycles. The molecule has 1 fully saturated rings. The molecule has 0 bridgehead atoms. The van der Waals surface area contributed by atoms with Gasteiger partial charge in [0.1, 0.15) is 0 Å². The number of nitrogens with one attached hydrogen (secondary N) is 2. The first-order chi connectivity index (χ1) is 10.3. The predicted molar refractivity (Wildman–Crippen MR) is 107 cm³/mol. The molecule has 2 heterocycles. The molecule has 1 aliphatic rings. The van der Waals surface area contributed by atoms with Crippen molar-refractivity contribution in [3.63, 3.8) is 0 Å². The fraction of sp³-hybridized carbons (Fsp3) is 0.562. The molecule has 0 atom stereocenters. The highest BCUT2D eigenvalue weighted by atomic mass is 127. The van der Waals surface area contributed by atoms with E-state index in [2.05, 4.69) is 44.6 Å². The van der Waals surface area contributed by atoms with E-state index in [0.717, 1.165) is 31.5 Å². The second kappa shape index (κ2) is 11.0. The Morgan fingerprint density at radius 2 is 2.23 bits per heavy atom. The Labute approximate surface area is 155 Å². The van der Waals surface area contributed by atoms with Crippen LogP contribution in [0.4, 0.5) is 0 Å². The van der Waals surface area contributed by atoms with Crippen LogP contribution in [0, 0.1) is 5.92 Å². The third-order valence-electron chi connectivity index (χ3n) is 3.86. The van der Waals surface area contributed by atoms with Crippen molar-refractivity contribution in [1.82, 2.24) is 15.5 Å². The van der Waals surface area contributed by atoms with Crippen molar-refractivity contribution >= 4 is 41.3 Å². The maximum Gasteiger partial charge on any atom is 0.191 e. The summed E-state index contributed by atoms with van der Waals surface area (Å²) < 4.78 is 0. The highest BCUT2D eigenvalue weighted by molar-refractivity contribution is 14.0. The van der Waals surface area contributed by atoms with Gasteiger partial charge in [-0.2, -0.15) is 0 Å². The average Bonchev–Trinajstić information content (AvgIpc) is 3.02. The number of rotatable bonds is 6. The topological polar surface area (TPSA) is 39.7 Å². The molecule has 2 N–H and O–H groups in total. The van der Waals surface area contributed by atoms with Crippen LogP contribution < -0.4 is 10.6 Å². The van der Waals surface area contributed by atoms with Gasteiger partial charge in [-0.05, 0) is 43.3 Å². The fourth-order valence-corrected chi connectivity index (χ4v) is 3.35. The van der Waals surface area contributed by atoms with E-state index in [4.69, 9.17) is 0 Å². The van der Waals surface area contributed by atoms with Crippen LogP contribution >= 0.6 is 35.3 Å². The molecule has 1 aliphatic heterocycles. The van der Waals surface area contributed by atoms with Crippen molar-refractivity contribution < 1.29 is 0 Å². The predicted octanol–water partition coefficient (Wildman–Crippen LogP) is 2.93. The number of nitrogens with zero attached hydrogens (tertiary/aromatic N) is 2. The van der Waals surface area contributed by atoms with Crippen molar-refractivity contribution in [1.29, 1.82) is 0 Å². The lowest BCUT2D eigenvalue weighted by molar-refractivity contribution is 0.179. The van der Waals surface area contributed by atoms with Crippen LogP contribution in [0.1, 0.15) is 17.7 Å². The first-order valence-electron chi connectivity index (χ1n) is 7.62. The molecule has 2 rings (SSSR count). The molecule has 1 aromatic heterocycles. The average molecular weight is 434 g/mol. The molecule has 0 radical (unpaired) electrons. The largest absolute Gasteiger partial charge is 0.356 e. The minimum absolute atomic E-state index is 0. The Kier molecular flexibility index (Phi) is 9.74. The van der Waals surface area contributed by atoms with Gasteiger partial charge in [0.15, 0.2) is 5.96 Å². The summed E-state index contributed by atoms with van der Waals surface area (Å²) in [7, 11) is 1.81. The summed E-state index contributed by atoms with van der Waals surface area (Å²) >= 11 is 1.86. The van der Waals surface area contributed by atoms with Crippen LogP contribution in [-0.4, -0.2) is 44.1 Å². The molecule has 22 heavy (non-hydrogen) atoms. The van der Waals surface area contributed by atoms with Gasteiger partial charge in [0.05, 0.1) is 0 Å². The first-order valence-corrected chi connectivity index (χ1v) is 8.50. The van der Waals surface area contributed by atoms with Crippen LogP contribution in [-0.2, 0) is 6.54 Å². The molecule has 0 spiro atoms. The molecule has 0 saturated carbocycles. The molecule has 6 heteroatoms. The minimum Gasteiger partial charge on any atom is -0.356 e. The summed E-state index contributed by atoms with van der Waals surface area (Å²) in [6.07, 6.45) is 4.36. The summed E-state index contributed by atoms with van der Waals surface area (Å²) in [4.78, 5) is 8.25. The minimum atomic E-state index is 0. The Bertz CT molecular complexity index is 439. The molecule has 1 saturated heterocycles. The van der Waals surface area contributed by atoms with Crippen LogP contribution in [0.25, 0.3) is 0 Å². The van der Waals surface area contributed by atoms with Gasteiger partial charge < -0.3 is 10.6 Å². The smallest absolute Gasteiger partial charge is 0.191 e. The van der Waals surface area contributed by atoms with Crippen molar-refractivity contribution in [2.75, 3.05) is 33.2 Å². The van der Waals surface area contributed by atoms with Crippen LogP contribution in [0.3, 0.4) is 0 Å². The Morgan fingerprint density at radius 1 is 1.45 bits per heavy atom. The zero-order chi connectivity index (χ0) is 14.9. The molecule has 1 aromatic rings. The van der Waals surface area contributed by atoms with E-state index in [1.54, 1.807) is 0 Å². The third kappa shape index (κ3) is 6.66. The van der Waals surface area contributed by atoms with Gasteiger partial charge in [0.25, 0.3) is 0 Å². The van der Waals surface area contributed by atoms with Gasteiger partial charge >= 0.3 is 0 Å². The number of hydrogen-bond acceptors (Lipinski definition) is 3.